The van der Waals surface area contributed by atoms with Crippen LogP contribution < -0.4 is 11.1 Å². The molecule has 5 aromatic rings. The van der Waals surface area contributed by atoms with Crippen molar-refractivity contribution in [3.63, 3.8) is 0 Å². The molecule has 214 valence electrons. The van der Waals surface area contributed by atoms with Crippen LogP contribution in [-0.2, 0) is 11.3 Å². The van der Waals surface area contributed by atoms with E-state index in [0.29, 0.717) is 17.8 Å². The first-order chi connectivity index (χ1) is 20.0. The number of fused-ring (bicyclic) bond motifs is 1. The Morgan fingerprint density at radius 1 is 0.905 bits per heavy atom. The largest absolute Gasteiger partial charge is 0.490 e. The smallest absolute Gasteiger partial charge is 0.475 e. The second kappa shape index (κ2) is 12.8. The highest BCUT2D eigenvalue weighted by Crippen LogP contribution is 2.25. The number of hydrogen-bond donors (Lipinski definition) is 4. The minimum atomic E-state index is -5.08. The van der Waals surface area contributed by atoms with E-state index in [2.05, 4.69) is 10.3 Å². The van der Waals surface area contributed by atoms with Gasteiger partial charge in [0.1, 0.15) is 11.5 Å². The van der Waals surface area contributed by atoms with E-state index in [1.807, 2.05) is 102 Å². The van der Waals surface area contributed by atoms with Crippen molar-refractivity contribution in [3.05, 3.63) is 137 Å². The van der Waals surface area contributed by atoms with Crippen LogP contribution in [0, 0.1) is 5.41 Å². The van der Waals surface area contributed by atoms with Gasteiger partial charge in [0.05, 0.1) is 6.04 Å². The van der Waals surface area contributed by atoms with Crippen LogP contribution in [0.1, 0.15) is 38.8 Å². The first-order valence-corrected chi connectivity index (χ1v) is 12.6. The maximum atomic E-state index is 13.8. The molecular formula is C31H26F3N5O3. The molecule has 0 radical (unpaired) electrons. The number of nitrogens with one attached hydrogen (secondary N) is 2. The highest BCUT2D eigenvalue weighted by Gasteiger charge is 2.38. The van der Waals surface area contributed by atoms with Gasteiger partial charge in [-0.15, -0.1) is 0 Å². The molecule has 0 saturated heterocycles. The van der Waals surface area contributed by atoms with Gasteiger partial charge in [0.15, 0.2) is 0 Å². The van der Waals surface area contributed by atoms with Crippen molar-refractivity contribution in [3.8, 4) is 0 Å². The minimum Gasteiger partial charge on any atom is -0.475 e. The van der Waals surface area contributed by atoms with Crippen molar-refractivity contribution in [1.82, 2.24) is 14.9 Å². The third-order valence-electron chi connectivity index (χ3n) is 6.31. The number of pyridine rings is 1. The van der Waals surface area contributed by atoms with Crippen LogP contribution in [0.3, 0.4) is 0 Å². The number of carbonyl (C=O) groups is 2. The lowest BCUT2D eigenvalue weighted by Gasteiger charge is -2.20. The van der Waals surface area contributed by atoms with E-state index in [0.717, 1.165) is 27.6 Å². The highest BCUT2D eigenvalue weighted by molar-refractivity contribution is 5.99. The van der Waals surface area contributed by atoms with Gasteiger partial charge in [-0.3, -0.25) is 15.2 Å². The first kappa shape index (κ1) is 29.5. The number of carbonyl (C=O) groups excluding carboxylic acids is 1. The Morgan fingerprint density at radius 2 is 1.52 bits per heavy atom. The number of carboxylic acid groups (broad SMARTS) is 1. The topological polar surface area (TPSA) is 134 Å². The number of nitrogens with two attached hydrogens (primary N) is 1. The second-order valence-corrected chi connectivity index (χ2v) is 9.19. The zero-order valence-electron chi connectivity index (χ0n) is 22.0. The lowest BCUT2D eigenvalue weighted by atomic mass is 9.99. The van der Waals surface area contributed by atoms with Gasteiger partial charge in [0.2, 0.25) is 0 Å². The number of alkyl halides is 3. The monoisotopic (exact) mass is 573 g/mol. The summed E-state index contributed by atoms with van der Waals surface area (Å²) in [6, 6.07) is 30.9. The van der Waals surface area contributed by atoms with Gasteiger partial charge in [-0.1, -0.05) is 66.7 Å². The van der Waals surface area contributed by atoms with E-state index < -0.39 is 12.1 Å². The molecule has 5 rings (SSSR count). The Hall–Kier alpha value is -5.45. The third kappa shape index (κ3) is 7.19. The van der Waals surface area contributed by atoms with Gasteiger partial charge in [-0.25, -0.2) is 4.79 Å². The van der Waals surface area contributed by atoms with Crippen LogP contribution in [-0.4, -0.2) is 38.5 Å². The van der Waals surface area contributed by atoms with E-state index in [1.54, 1.807) is 12.4 Å². The average Bonchev–Trinajstić information content (AvgIpc) is 3.35. The standard InChI is InChI=1S/C29H25N5O.C2HF3O2/c30-28(31)24-11-6-7-20(17-24)19-34-25-12-5-4-10-23(25)18-26(34)29(35)33-27(21-8-2-1-3-9-21)22-13-15-32-16-14-22;3-2(4,5)1(6)7/h1-18,27H,19H2,(H3,30,31)(H,33,35);(H,6,7). The van der Waals surface area contributed by atoms with E-state index in [4.69, 9.17) is 21.0 Å². The molecule has 0 aliphatic rings. The van der Waals surface area contributed by atoms with Crippen molar-refractivity contribution in [2.45, 2.75) is 18.8 Å². The number of amides is 1. The lowest BCUT2D eigenvalue weighted by molar-refractivity contribution is -0.192. The van der Waals surface area contributed by atoms with Gasteiger partial charge in [0, 0.05) is 35.4 Å². The van der Waals surface area contributed by atoms with Crippen molar-refractivity contribution in [2.24, 2.45) is 5.73 Å². The molecule has 1 atom stereocenters. The van der Waals surface area contributed by atoms with Gasteiger partial charge in [-0.2, -0.15) is 13.2 Å². The van der Waals surface area contributed by atoms with E-state index in [9.17, 15) is 18.0 Å². The van der Waals surface area contributed by atoms with Crippen LogP contribution in [0.5, 0.6) is 0 Å². The molecule has 0 spiro atoms. The normalized spacial score (nSPS) is 11.7. The number of hydrogen-bond acceptors (Lipinski definition) is 4. The molecule has 8 nitrogen and oxygen atoms in total. The number of aliphatic carboxylic acids is 1. The summed E-state index contributed by atoms with van der Waals surface area (Å²) in [7, 11) is 0. The van der Waals surface area contributed by atoms with Crippen molar-refractivity contribution < 1.29 is 27.9 Å². The average molecular weight is 574 g/mol. The van der Waals surface area contributed by atoms with Crippen molar-refractivity contribution >= 4 is 28.6 Å². The van der Waals surface area contributed by atoms with Crippen LogP contribution in [0.15, 0.2) is 109 Å². The minimum absolute atomic E-state index is 0.0187. The molecular weight excluding hydrogens is 547 g/mol. The van der Waals surface area contributed by atoms with Crippen LogP contribution >= 0.6 is 0 Å². The zero-order valence-corrected chi connectivity index (χ0v) is 22.0. The van der Waals surface area contributed by atoms with Crippen molar-refractivity contribution in [2.75, 3.05) is 0 Å². The molecule has 0 bridgehead atoms. The van der Waals surface area contributed by atoms with Crippen LogP contribution in [0.25, 0.3) is 10.9 Å². The predicted molar refractivity (Wildman–Crippen MR) is 152 cm³/mol. The molecule has 0 aliphatic carbocycles. The summed E-state index contributed by atoms with van der Waals surface area (Å²) in [5.41, 5.74) is 10.8. The Bertz CT molecular complexity index is 1660. The molecule has 0 fully saturated rings. The summed E-state index contributed by atoms with van der Waals surface area (Å²) in [4.78, 5) is 26.8. The molecule has 11 heteroatoms. The van der Waals surface area contributed by atoms with Gasteiger partial charge in [-0.05, 0) is 47.0 Å². The summed E-state index contributed by atoms with van der Waals surface area (Å²) < 4.78 is 33.7. The number of carboxylic acids is 1. The summed E-state index contributed by atoms with van der Waals surface area (Å²) >= 11 is 0. The summed E-state index contributed by atoms with van der Waals surface area (Å²) in [5, 5.41) is 19.1. The summed E-state index contributed by atoms with van der Waals surface area (Å²) in [6.45, 7) is 0.475. The SMILES string of the molecule is N=C(N)c1cccc(Cn2c(C(=O)NC(c3ccccc3)c3ccncc3)cc3ccccc32)c1.O=C(O)C(F)(F)F. The second-order valence-electron chi connectivity index (χ2n) is 9.19. The molecule has 2 aromatic heterocycles. The predicted octanol–water partition coefficient (Wildman–Crippen LogP) is 5.52. The maximum absolute atomic E-state index is 13.8. The molecule has 0 saturated carbocycles. The lowest BCUT2D eigenvalue weighted by Crippen LogP contribution is -2.31. The molecule has 1 amide bonds. The number of nitrogens with zero attached hydrogens (tertiary/aromatic N) is 2. The number of rotatable bonds is 7. The number of halogens is 3. The molecule has 0 aliphatic heterocycles. The number of amidine groups is 1. The molecule has 1 unspecified atom stereocenters. The molecule has 5 N–H and O–H groups in total. The Morgan fingerprint density at radius 3 is 2.17 bits per heavy atom. The van der Waals surface area contributed by atoms with Gasteiger partial charge in [0.25, 0.3) is 5.91 Å². The summed E-state index contributed by atoms with van der Waals surface area (Å²) in [6.07, 6.45) is -1.62. The first-order valence-electron chi connectivity index (χ1n) is 12.6. The number of para-hydroxylation sites is 1. The molecule has 42 heavy (non-hydrogen) atoms. The number of nitrogen functional groups attached to an aromatic ring is 1. The maximum Gasteiger partial charge on any atom is 0.490 e. The molecule has 3 aromatic carbocycles. The van der Waals surface area contributed by atoms with Crippen molar-refractivity contribution in [1.29, 1.82) is 5.41 Å². The summed E-state index contributed by atoms with van der Waals surface area (Å²) in [5.74, 6) is -2.91. The van der Waals surface area contributed by atoms with E-state index in [-0.39, 0.29) is 17.8 Å². The quantitative estimate of drug-likeness (QED) is 0.150. The Balaban J connectivity index is 0.000000517. The highest BCUT2D eigenvalue weighted by atomic mass is 19.4. The number of aromatic nitrogens is 2. The number of benzene rings is 3. The fraction of sp³-hybridized carbons (Fsp3) is 0.0968. The Kier molecular flexibility index (Phi) is 9.01. The fourth-order valence-corrected chi connectivity index (χ4v) is 4.35. The molecule has 2 heterocycles. The van der Waals surface area contributed by atoms with Gasteiger partial charge >= 0.3 is 12.1 Å². The van der Waals surface area contributed by atoms with Crippen LogP contribution in [0.2, 0.25) is 0 Å². The zero-order chi connectivity index (χ0) is 30.3. The third-order valence-corrected chi connectivity index (χ3v) is 6.31. The Labute approximate surface area is 238 Å². The van der Waals surface area contributed by atoms with E-state index >= 15 is 0 Å². The van der Waals surface area contributed by atoms with Crippen LogP contribution in [0.4, 0.5) is 13.2 Å². The van der Waals surface area contributed by atoms with Gasteiger partial charge < -0.3 is 20.7 Å². The van der Waals surface area contributed by atoms with E-state index in [1.165, 1.54) is 0 Å². The fourth-order valence-electron chi connectivity index (χ4n) is 4.35.